The van der Waals surface area contributed by atoms with E-state index in [2.05, 4.69) is 31.4 Å². The van der Waals surface area contributed by atoms with Crippen LogP contribution < -0.4 is 27.2 Å². The molecular weight excluding hydrogens is 1050 g/mol. The van der Waals surface area contributed by atoms with Crippen molar-refractivity contribution in [1.82, 2.24) is 40.2 Å². The van der Waals surface area contributed by atoms with E-state index in [1.807, 2.05) is 152 Å². The molecule has 0 bridgehead atoms. The number of carbonyl (C=O) groups is 4. The van der Waals surface area contributed by atoms with Gasteiger partial charge in [-0.05, 0) is 77.6 Å². The van der Waals surface area contributed by atoms with E-state index in [9.17, 15) is 28.8 Å². The molecule has 3 aliphatic heterocycles. The molecule has 3 aliphatic rings. The number of hydrazine groups is 1. The number of carbonyl (C=O) groups excluding carboxylic acids is 4. The summed E-state index contributed by atoms with van der Waals surface area (Å²) in [4.78, 5) is 88.1. The lowest BCUT2D eigenvalue weighted by Gasteiger charge is -2.49. The molecule has 19 nitrogen and oxygen atoms in total. The summed E-state index contributed by atoms with van der Waals surface area (Å²) >= 11 is 3.57. The van der Waals surface area contributed by atoms with Crippen LogP contribution in [0.15, 0.2) is 199 Å². The number of nitrogens with one attached hydrogen (secondary N) is 4. The number of H-pyrrole nitrogens is 1. The van der Waals surface area contributed by atoms with Gasteiger partial charge in [-0.25, -0.2) is 14.7 Å². The van der Waals surface area contributed by atoms with Crippen LogP contribution in [0.5, 0.6) is 0 Å². The van der Waals surface area contributed by atoms with Crippen molar-refractivity contribution in [2.45, 2.75) is 61.1 Å². The number of thioether (sulfide) groups is 2. The number of β-lactam (4-membered cyclic amide) rings is 1. The number of allylic oxidation sites excluding steroid dienone is 1. The van der Waals surface area contributed by atoms with Crippen LogP contribution in [0, 0.1) is 0 Å². The van der Waals surface area contributed by atoms with Gasteiger partial charge >= 0.3 is 23.2 Å². The molecule has 1 fully saturated rings. The van der Waals surface area contributed by atoms with Crippen molar-refractivity contribution in [3.8, 4) is 0 Å². The summed E-state index contributed by atoms with van der Waals surface area (Å²) in [5, 5.41) is 21.6. The molecule has 0 spiro atoms. The minimum atomic E-state index is -1.11. The molecule has 4 heterocycles. The fraction of sp³-hybridized carbons (Fsp3) is 0.232. The summed E-state index contributed by atoms with van der Waals surface area (Å²) in [6.45, 7) is 4.97. The Morgan fingerprint density at radius 1 is 0.821 bits per heavy atom. The Kier molecular flexibility index (Phi) is 17.1. The van der Waals surface area contributed by atoms with Gasteiger partial charge in [-0.1, -0.05) is 169 Å². The maximum absolute atomic E-state index is 14.8. The fourth-order valence-corrected chi connectivity index (χ4v) is 11.7. The van der Waals surface area contributed by atoms with Gasteiger partial charge in [-0.15, -0.1) is 16.9 Å². The first-order valence-corrected chi connectivity index (χ1v) is 27.5. The molecule has 400 valence electrons. The Morgan fingerprint density at radius 3 is 1.94 bits per heavy atom. The van der Waals surface area contributed by atoms with Gasteiger partial charge in [0.2, 0.25) is 0 Å². The SMILES string of the molecule is CON=C(C(=O)NC1C(=O)N2C(C(=O)OC(c3ccccc3)c3ccccc3)=C(C=CSc3n[nH]c(=O)c(=O)n3CCNC(=O)OC(C)(C)C)CSC12)C1=NN(NC(c2ccccc2)(c2ccccc2)c2ccccc2)SC1. The number of hydrogen-bond acceptors (Lipinski definition) is 17. The number of hydrazone groups is 1. The second kappa shape index (κ2) is 24.4. The molecule has 0 radical (unpaired) electrons. The number of oxime groups is 1. The second-order valence-electron chi connectivity index (χ2n) is 18.7. The van der Waals surface area contributed by atoms with E-state index in [-0.39, 0.29) is 46.9 Å². The number of hydrogen-bond donors (Lipinski definition) is 4. The summed E-state index contributed by atoms with van der Waals surface area (Å²) in [5.41, 5.74) is 4.78. The lowest BCUT2D eigenvalue weighted by atomic mass is 9.77. The van der Waals surface area contributed by atoms with Crippen LogP contribution in [-0.2, 0) is 40.8 Å². The molecule has 2 atom stereocenters. The summed E-state index contributed by atoms with van der Waals surface area (Å²) in [5.74, 6) is -1.73. The topological polar surface area (TPSA) is 231 Å². The maximum Gasteiger partial charge on any atom is 0.407 e. The van der Waals surface area contributed by atoms with Crippen LogP contribution in [0.4, 0.5) is 4.79 Å². The largest absolute Gasteiger partial charge is 0.448 e. The molecule has 22 heteroatoms. The van der Waals surface area contributed by atoms with Crippen LogP contribution >= 0.6 is 35.5 Å². The molecule has 9 rings (SSSR count). The monoisotopic (exact) mass is 1110 g/mol. The Hall–Kier alpha value is -8.18. The lowest BCUT2D eigenvalue weighted by molar-refractivity contribution is -0.154. The summed E-state index contributed by atoms with van der Waals surface area (Å²) < 4.78 is 14.4. The van der Waals surface area contributed by atoms with E-state index < -0.39 is 63.7 Å². The molecular formula is C56H54N10O9S3. The Labute approximate surface area is 461 Å². The molecule has 3 amide bonds. The summed E-state index contributed by atoms with van der Waals surface area (Å²) in [7, 11) is 1.31. The average Bonchev–Trinajstić information content (AvgIpc) is 4.07. The van der Waals surface area contributed by atoms with Crippen molar-refractivity contribution in [2.24, 2.45) is 10.3 Å². The van der Waals surface area contributed by atoms with E-state index in [1.54, 1.807) is 36.8 Å². The van der Waals surface area contributed by atoms with Crippen LogP contribution in [0.2, 0.25) is 0 Å². The van der Waals surface area contributed by atoms with E-state index in [4.69, 9.17) is 19.4 Å². The second-order valence-corrected chi connectivity index (χ2v) is 21.5. The molecule has 4 N–H and O–H groups in total. The minimum Gasteiger partial charge on any atom is -0.448 e. The standard InChI is InChI=1S/C56H54N10O9S3/c1-55(2,3)75-54(72)57-31-32-64-50(70)48(68)59-60-53(64)76-33-30-38-34-77-51-44(49(69)65(51)45(38)52(71)74-46(36-20-10-5-11-21-36)37-22-12-6-13-23-37)58-47(67)43(62-73-4)42-35-78-66(61-42)63-56(39-24-14-7-15-25-39,40-26-16-8-17-27-40)41-28-18-9-19-29-41/h5-30,33,44,46,51,63H,31-32,34-35H2,1-4H3,(H,57,72)(H,58,67)(H,59,68). The third-order valence-corrected chi connectivity index (χ3v) is 15.3. The highest BCUT2D eigenvalue weighted by molar-refractivity contribution is 8.02. The lowest BCUT2D eigenvalue weighted by Crippen LogP contribution is -2.71. The maximum atomic E-state index is 14.8. The quantitative estimate of drug-likeness (QED) is 0.00948. The Bertz CT molecular complexity index is 3260. The van der Waals surface area contributed by atoms with E-state index in [0.717, 1.165) is 33.0 Å². The van der Waals surface area contributed by atoms with Crippen molar-refractivity contribution in [1.29, 1.82) is 0 Å². The van der Waals surface area contributed by atoms with Crippen molar-refractivity contribution < 1.29 is 33.5 Å². The molecule has 78 heavy (non-hydrogen) atoms. The molecule has 0 saturated carbocycles. The number of aromatic amines is 1. The van der Waals surface area contributed by atoms with Crippen molar-refractivity contribution >= 4 is 70.8 Å². The number of rotatable bonds is 19. The molecule has 5 aromatic carbocycles. The first-order chi connectivity index (χ1) is 37.8. The molecule has 1 saturated heterocycles. The number of fused-ring (bicyclic) bond motifs is 1. The highest BCUT2D eigenvalue weighted by Crippen LogP contribution is 2.43. The normalized spacial score (nSPS) is 16.6. The Balaban J connectivity index is 0.980. The van der Waals surface area contributed by atoms with E-state index in [1.165, 1.54) is 35.7 Å². The number of alkyl carbamates (subject to hydrolysis) is 1. The fourth-order valence-electron chi connectivity index (χ4n) is 8.86. The first-order valence-electron chi connectivity index (χ1n) is 24.6. The van der Waals surface area contributed by atoms with Crippen molar-refractivity contribution in [3.05, 3.63) is 223 Å². The zero-order valence-corrected chi connectivity index (χ0v) is 45.2. The van der Waals surface area contributed by atoms with E-state index >= 15 is 0 Å². The molecule has 0 aliphatic carbocycles. The molecule has 1 aromatic heterocycles. The van der Waals surface area contributed by atoms with Gasteiger partial charge < -0.3 is 24.9 Å². The van der Waals surface area contributed by atoms with Crippen LogP contribution in [0.25, 0.3) is 0 Å². The van der Waals surface area contributed by atoms with Gasteiger partial charge in [-0.3, -0.25) is 28.6 Å². The van der Waals surface area contributed by atoms with Crippen molar-refractivity contribution in [3.63, 3.8) is 0 Å². The first kappa shape index (κ1) is 54.6. The third-order valence-electron chi connectivity index (χ3n) is 12.4. The van der Waals surface area contributed by atoms with Gasteiger partial charge in [-0.2, -0.15) is 15.1 Å². The van der Waals surface area contributed by atoms with Crippen LogP contribution in [0.1, 0.15) is 54.7 Å². The zero-order valence-electron chi connectivity index (χ0n) is 42.7. The minimum absolute atomic E-state index is 0.0564. The van der Waals surface area contributed by atoms with Gasteiger partial charge in [0, 0.05) is 18.8 Å². The van der Waals surface area contributed by atoms with Crippen LogP contribution in [-0.4, -0.2) is 102 Å². The summed E-state index contributed by atoms with van der Waals surface area (Å²) in [6, 6.07) is 47.2. The number of benzene rings is 5. The smallest absolute Gasteiger partial charge is 0.407 e. The number of amides is 3. The molecule has 2 unspecified atom stereocenters. The van der Waals surface area contributed by atoms with Gasteiger partial charge in [0.05, 0.1) is 5.75 Å². The average molecular weight is 1110 g/mol. The Morgan fingerprint density at radius 2 is 1.38 bits per heavy atom. The zero-order chi connectivity index (χ0) is 54.8. The number of nitrogens with zero attached hydrogens (tertiary/aromatic N) is 6. The van der Waals surface area contributed by atoms with Gasteiger partial charge in [0.25, 0.3) is 11.8 Å². The highest BCUT2D eigenvalue weighted by Gasteiger charge is 2.55. The third kappa shape index (κ3) is 12.2. The number of esters is 1. The van der Waals surface area contributed by atoms with Gasteiger partial charge in [0.1, 0.15) is 41.1 Å². The highest BCUT2D eigenvalue weighted by atomic mass is 32.2. The summed E-state index contributed by atoms with van der Waals surface area (Å²) in [6.07, 6.45) is 0.0301. The van der Waals surface area contributed by atoms with Crippen LogP contribution in [0.3, 0.4) is 0 Å². The molecule has 6 aromatic rings. The van der Waals surface area contributed by atoms with E-state index in [0.29, 0.717) is 16.7 Å². The number of aromatic nitrogens is 3. The number of ether oxygens (including phenoxy) is 2. The predicted molar refractivity (Wildman–Crippen MR) is 300 cm³/mol. The van der Waals surface area contributed by atoms with Gasteiger partial charge in [0.15, 0.2) is 17.0 Å². The van der Waals surface area contributed by atoms with Crippen molar-refractivity contribution in [2.75, 3.05) is 25.2 Å². The predicted octanol–water partition coefficient (Wildman–Crippen LogP) is 6.87.